The lowest BCUT2D eigenvalue weighted by molar-refractivity contribution is 0.630. The molecular formula is C10H6BrFN2O. The molecule has 2 aromatic rings. The van der Waals surface area contributed by atoms with Crippen LogP contribution in [0.5, 0.6) is 0 Å². The normalized spacial score (nSPS) is 10.3. The first-order valence-electron chi connectivity index (χ1n) is 4.18. The Hall–Kier alpha value is -1.49. The molecule has 0 amide bonds. The second kappa shape index (κ2) is 3.94. The highest BCUT2D eigenvalue weighted by Gasteiger charge is 2.06. The third kappa shape index (κ3) is 2.12. The van der Waals surface area contributed by atoms with Crippen LogP contribution in [0.1, 0.15) is 0 Å². The van der Waals surface area contributed by atoms with Crippen molar-refractivity contribution in [2.45, 2.75) is 0 Å². The van der Waals surface area contributed by atoms with Crippen LogP contribution in [-0.2, 0) is 0 Å². The molecule has 0 bridgehead atoms. The number of aromatic amines is 1. The SMILES string of the molecule is O=c1ccc(-c2cc(Br)ccc2F)n[nH]1. The lowest BCUT2D eigenvalue weighted by Crippen LogP contribution is -2.05. The van der Waals surface area contributed by atoms with Gasteiger partial charge in [-0.15, -0.1) is 0 Å². The fraction of sp³-hybridized carbons (Fsp3) is 0. The number of hydrogen-bond acceptors (Lipinski definition) is 2. The molecule has 1 heterocycles. The topological polar surface area (TPSA) is 45.8 Å². The fourth-order valence-corrected chi connectivity index (χ4v) is 1.55. The first-order valence-corrected chi connectivity index (χ1v) is 4.97. The van der Waals surface area contributed by atoms with Crippen LogP contribution in [0.3, 0.4) is 0 Å². The van der Waals surface area contributed by atoms with Gasteiger partial charge in [-0.25, -0.2) is 9.49 Å². The highest BCUT2D eigenvalue weighted by molar-refractivity contribution is 9.10. The molecule has 0 aliphatic heterocycles. The number of hydrogen-bond donors (Lipinski definition) is 1. The number of H-pyrrole nitrogens is 1. The van der Waals surface area contributed by atoms with E-state index in [9.17, 15) is 9.18 Å². The number of halogens is 2. The molecule has 2 rings (SSSR count). The van der Waals surface area contributed by atoms with E-state index in [1.54, 1.807) is 12.1 Å². The Morgan fingerprint density at radius 2 is 2.07 bits per heavy atom. The highest BCUT2D eigenvalue weighted by atomic mass is 79.9. The molecule has 15 heavy (non-hydrogen) atoms. The maximum Gasteiger partial charge on any atom is 0.264 e. The van der Waals surface area contributed by atoms with Crippen molar-refractivity contribution in [1.29, 1.82) is 0 Å². The van der Waals surface area contributed by atoms with Gasteiger partial charge in [0.25, 0.3) is 5.56 Å². The molecule has 0 aliphatic rings. The summed E-state index contributed by atoms with van der Waals surface area (Å²) in [6.07, 6.45) is 0. The summed E-state index contributed by atoms with van der Waals surface area (Å²) in [5, 5.41) is 6.01. The highest BCUT2D eigenvalue weighted by Crippen LogP contribution is 2.23. The molecule has 76 valence electrons. The van der Waals surface area contributed by atoms with E-state index >= 15 is 0 Å². The molecule has 5 heteroatoms. The van der Waals surface area contributed by atoms with E-state index in [1.807, 2.05) is 0 Å². The van der Waals surface area contributed by atoms with E-state index < -0.39 is 0 Å². The predicted octanol–water partition coefficient (Wildman–Crippen LogP) is 2.34. The Bertz CT molecular complexity index is 533. The summed E-state index contributed by atoms with van der Waals surface area (Å²) in [5.74, 6) is -0.377. The summed E-state index contributed by atoms with van der Waals surface area (Å²) in [7, 11) is 0. The van der Waals surface area contributed by atoms with E-state index in [1.165, 1.54) is 18.2 Å². The summed E-state index contributed by atoms with van der Waals surface area (Å²) < 4.78 is 14.2. The van der Waals surface area contributed by atoms with Gasteiger partial charge in [0.1, 0.15) is 5.82 Å². The number of nitrogens with one attached hydrogen (secondary N) is 1. The Morgan fingerprint density at radius 3 is 2.73 bits per heavy atom. The zero-order chi connectivity index (χ0) is 10.8. The van der Waals surface area contributed by atoms with E-state index in [0.717, 1.165) is 4.47 Å². The number of benzene rings is 1. The molecule has 1 N–H and O–H groups in total. The van der Waals surface area contributed by atoms with Crippen LogP contribution in [0.25, 0.3) is 11.3 Å². The summed E-state index contributed by atoms with van der Waals surface area (Å²) in [5.41, 5.74) is 0.433. The average Bonchev–Trinajstić information content (AvgIpc) is 2.23. The van der Waals surface area contributed by atoms with E-state index in [2.05, 4.69) is 26.1 Å². The van der Waals surface area contributed by atoms with Crippen molar-refractivity contribution < 1.29 is 4.39 Å². The Balaban J connectivity index is 2.58. The third-order valence-corrected chi connectivity index (χ3v) is 2.38. The van der Waals surface area contributed by atoms with Gasteiger partial charge in [0.2, 0.25) is 0 Å². The van der Waals surface area contributed by atoms with Crippen LogP contribution < -0.4 is 5.56 Å². The second-order valence-electron chi connectivity index (χ2n) is 2.93. The zero-order valence-corrected chi connectivity index (χ0v) is 9.08. The van der Waals surface area contributed by atoms with Crippen molar-refractivity contribution in [2.75, 3.05) is 0 Å². The molecule has 1 aromatic carbocycles. The number of rotatable bonds is 1. The molecule has 0 spiro atoms. The number of nitrogens with zero attached hydrogens (tertiary/aromatic N) is 1. The molecular weight excluding hydrogens is 263 g/mol. The van der Waals surface area contributed by atoms with Gasteiger partial charge in [0.15, 0.2) is 0 Å². The van der Waals surface area contributed by atoms with Crippen molar-refractivity contribution in [1.82, 2.24) is 10.2 Å². The maximum atomic E-state index is 13.4. The van der Waals surface area contributed by atoms with Crippen LogP contribution >= 0.6 is 15.9 Å². The quantitative estimate of drug-likeness (QED) is 0.863. The molecule has 0 saturated heterocycles. The van der Waals surface area contributed by atoms with Gasteiger partial charge in [-0.05, 0) is 24.3 Å². The van der Waals surface area contributed by atoms with Gasteiger partial charge in [-0.1, -0.05) is 15.9 Å². The van der Waals surface area contributed by atoms with Gasteiger partial charge in [0.05, 0.1) is 5.69 Å². The second-order valence-corrected chi connectivity index (χ2v) is 3.85. The molecule has 0 unspecified atom stereocenters. The molecule has 1 aromatic heterocycles. The summed E-state index contributed by atoms with van der Waals surface area (Å²) in [6, 6.07) is 7.33. The van der Waals surface area contributed by atoms with Crippen LogP contribution in [0.4, 0.5) is 4.39 Å². The largest absolute Gasteiger partial charge is 0.268 e. The Kier molecular flexibility index (Phi) is 2.64. The van der Waals surface area contributed by atoms with Crippen molar-refractivity contribution in [3.05, 3.63) is 51.0 Å². The summed E-state index contributed by atoms with van der Waals surface area (Å²) in [4.78, 5) is 10.8. The van der Waals surface area contributed by atoms with Crippen molar-refractivity contribution in [3.63, 3.8) is 0 Å². The Labute approximate surface area is 93.1 Å². The molecule has 3 nitrogen and oxygen atoms in total. The van der Waals surface area contributed by atoms with Gasteiger partial charge in [-0.2, -0.15) is 5.10 Å². The van der Waals surface area contributed by atoms with E-state index in [0.29, 0.717) is 11.3 Å². The van der Waals surface area contributed by atoms with Crippen molar-refractivity contribution >= 4 is 15.9 Å². The maximum absolute atomic E-state index is 13.4. The molecule has 0 radical (unpaired) electrons. The van der Waals surface area contributed by atoms with Gasteiger partial charge < -0.3 is 0 Å². The van der Waals surface area contributed by atoms with Gasteiger partial charge in [0, 0.05) is 16.1 Å². The number of aromatic nitrogens is 2. The lowest BCUT2D eigenvalue weighted by Gasteiger charge is -2.01. The standard InChI is InChI=1S/C10H6BrFN2O/c11-6-1-2-8(12)7(5-6)9-3-4-10(15)14-13-9/h1-5H,(H,14,15). The lowest BCUT2D eigenvalue weighted by atomic mass is 10.1. The minimum absolute atomic E-state index is 0.311. The minimum atomic E-state index is -0.377. The molecule has 0 fully saturated rings. The zero-order valence-electron chi connectivity index (χ0n) is 7.50. The van der Waals surface area contributed by atoms with Gasteiger partial charge >= 0.3 is 0 Å². The van der Waals surface area contributed by atoms with E-state index in [-0.39, 0.29) is 11.4 Å². The predicted molar refractivity (Wildman–Crippen MR) is 58.0 cm³/mol. The van der Waals surface area contributed by atoms with Crippen LogP contribution in [0.15, 0.2) is 39.6 Å². The minimum Gasteiger partial charge on any atom is -0.268 e. The monoisotopic (exact) mass is 268 g/mol. The molecule has 0 atom stereocenters. The summed E-state index contributed by atoms with van der Waals surface area (Å²) in [6.45, 7) is 0. The third-order valence-electron chi connectivity index (χ3n) is 1.88. The van der Waals surface area contributed by atoms with Crippen molar-refractivity contribution in [2.24, 2.45) is 0 Å². The Morgan fingerprint density at radius 1 is 1.27 bits per heavy atom. The van der Waals surface area contributed by atoms with Crippen molar-refractivity contribution in [3.8, 4) is 11.3 Å². The summed E-state index contributed by atoms with van der Waals surface area (Å²) >= 11 is 3.24. The fourth-order valence-electron chi connectivity index (χ4n) is 1.19. The molecule has 0 saturated carbocycles. The smallest absolute Gasteiger partial charge is 0.264 e. The first-order chi connectivity index (χ1) is 7.16. The first kappa shape index (κ1) is 10.0. The van der Waals surface area contributed by atoms with Crippen LogP contribution in [0.2, 0.25) is 0 Å². The van der Waals surface area contributed by atoms with Crippen LogP contribution in [-0.4, -0.2) is 10.2 Å². The van der Waals surface area contributed by atoms with E-state index in [4.69, 9.17) is 0 Å². The average molecular weight is 269 g/mol. The van der Waals surface area contributed by atoms with Crippen LogP contribution in [0, 0.1) is 5.82 Å². The van der Waals surface area contributed by atoms with Gasteiger partial charge in [-0.3, -0.25) is 4.79 Å². The molecule has 0 aliphatic carbocycles.